The van der Waals surface area contributed by atoms with Crippen LogP contribution in [0.2, 0.25) is 0 Å². The summed E-state index contributed by atoms with van der Waals surface area (Å²) in [6.45, 7) is 1.84. The third kappa shape index (κ3) is 4.06. The van der Waals surface area contributed by atoms with Crippen LogP contribution in [0.15, 0.2) is 42.5 Å². The van der Waals surface area contributed by atoms with Gasteiger partial charge < -0.3 is 9.80 Å². The van der Waals surface area contributed by atoms with Crippen LogP contribution < -0.4 is 4.90 Å². The second-order valence-corrected chi connectivity index (χ2v) is 6.62. The van der Waals surface area contributed by atoms with Crippen LogP contribution in [-0.4, -0.2) is 35.9 Å². The highest BCUT2D eigenvalue weighted by molar-refractivity contribution is 5.99. The van der Waals surface area contributed by atoms with Crippen molar-refractivity contribution in [2.75, 3.05) is 25.0 Å². The molecule has 0 spiro atoms. The Bertz CT molecular complexity index is 896. The van der Waals surface area contributed by atoms with Gasteiger partial charge in [-0.15, -0.1) is 0 Å². The van der Waals surface area contributed by atoms with Crippen LogP contribution in [0.4, 0.5) is 11.4 Å². The highest BCUT2D eigenvalue weighted by atomic mass is 16.6. The van der Waals surface area contributed by atoms with E-state index in [0.717, 1.165) is 24.1 Å². The Balaban J connectivity index is 1.86. The zero-order chi connectivity index (χ0) is 19.4. The molecule has 3 rings (SSSR count). The smallest absolute Gasteiger partial charge is 0.282 e. The van der Waals surface area contributed by atoms with Crippen LogP contribution in [-0.2, 0) is 6.54 Å². The van der Waals surface area contributed by atoms with Gasteiger partial charge in [0.25, 0.3) is 11.6 Å². The molecule has 2 aromatic rings. The Kier molecular flexibility index (Phi) is 5.36. The van der Waals surface area contributed by atoms with E-state index in [4.69, 9.17) is 5.26 Å². The maximum atomic E-state index is 12.7. The number of nitriles is 1. The molecule has 27 heavy (non-hydrogen) atoms. The molecular weight excluding hydrogens is 344 g/mol. The molecule has 0 unspecified atom stereocenters. The molecule has 0 aromatic heterocycles. The lowest BCUT2D eigenvalue weighted by Gasteiger charge is -2.21. The van der Waals surface area contributed by atoms with E-state index in [1.165, 1.54) is 6.07 Å². The van der Waals surface area contributed by atoms with Crippen LogP contribution in [0.25, 0.3) is 0 Å². The van der Waals surface area contributed by atoms with Crippen molar-refractivity contribution in [1.29, 1.82) is 5.26 Å². The minimum absolute atomic E-state index is 0.131. The second-order valence-electron chi connectivity index (χ2n) is 6.62. The van der Waals surface area contributed by atoms with Gasteiger partial charge in [0.15, 0.2) is 0 Å². The first kappa shape index (κ1) is 18.4. The van der Waals surface area contributed by atoms with Gasteiger partial charge >= 0.3 is 0 Å². The average Bonchev–Trinajstić information content (AvgIpc) is 3.22. The lowest BCUT2D eigenvalue weighted by atomic mass is 10.1. The molecule has 0 aliphatic carbocycles. The summed E-state index contributed by atoms with van der Waals surface area (Å²) in [5.74, 6) is -0.284. The van der Waals surface area contributed by atoms with Gasteiger partial charge in [-0.1, -0.05) is 12.1 Å². The van der Waals surface area contributed by atoms with Gasteiger partial charge in [-0.3, -0.25) is 14.9 Å². The van der Waals surface area contributed by atoms with Gasteiger partial charge in [-0.05, 0) is 42.7 Å². The zero-order valence-corrected chi connectivity index (χ0v) is 15.1. The molecule has 1 fully saturated rings. The van der Waals surface area contributed by atoms with E-state index in [0.29, 0.717) is 25.2 Å². The molecule has 1 aliphatic rings. The number of nitro benzene ring substituents is 1. The van der Waals surface area contributed by atoms with Crippen LogP contribution in [0.3, 0.4) is 0 Å². The number of rotatable bonds is 5. The van der Waals surface area contributed by atoms with Crippen LogP contribution in [0.5, 0.6) is 0 Å². The van der Waals surface area contributed by atoms with Crippen molar-refractivity contribution in [3.63, 3.8) is 0 Å². The number of carbonyl (C=O) groups excluding carboxylic acids is 1. The summed E-state index contributed by atoms with van der Waals surface area (Å²) in [7, 11) is 1.86. The molecule has 1 amide bonds. The number of nitrogens with zero attached hydrogens (tertiary/aromatic N) is 4. The maximum absolute atomic E-state index is 12.7. The van der Waals surface area contributed by atoms with E-state index < -0.39 is 4.92 Å². The van der Waals surface area contributed by atoms with Gasteiger partial charge in [-0.2, -0.15) is 5.26 Å². The third-order valence-corrected chi connectivity index (χ3v) is 4.74. The first-order valence-corrected chi connectivity index (χ1v) is 8.77. The molecule has 2 aromatic carbocycles. The van der Waals surface area contributed by atoms with Crippen molar-refractivity contribution in [1.82, 2.24) is 4.90 Å². The number of hydrogen-bond acceptors (Lipinski definition) is 5. The average molecular weight is 364 g/mol. The molecule has 0 bridgehead atoms. The van der Waals surface area contributed by atoms with Crippen molar-refractivity contribution in [2.24, 2.45) is 0 Å². The van der Waals surface area contributed by atoms with Crippen LogP contribution in [0, 0.1) is 21.4 Å². The summed E-state index contributed by atoms with van der Waals surface area (Å²) in [4.78, 5) is 27.2. The molecule has 7 nitrogen and oxygen atoms in total. The number of nitro groups is 1. The van der Waals surface area contributed by atoms with Crippen molar-refractivity contribution < 1.29 is 9.72 Å². The number of carbonyl (C=O) groups is 1. The Labute approximate surface area is 157 Å². The predicted molar refractivity (Wildman–Crippen MR) is 101 cm³/mol. The minimum Gasteiger partial charge on any atom is -0.370 e. The van der Waals surface area contributed by atoms with E-state index in [9.17, 15) is 14.9 Å². The highest BCUT2D eigenvalue weighted by Crippen LogP contribution is 2.27. The summed E-state index contributed by atoms with van der Waals surface area (Å²) in [6, 6.07) is 14.0. The summed E-state index contributed by atoms with van der Waals surface area (Å²) in [6.07, 6.45) is 1.86. The van der Waals surface area contributed by atoms with Crippen LogP contribution in [0.1, 0.15) is 34.3 Å². The van der Waals surface area contributed by atoms with E-state index in [1.54, 1.807) is 29.2 Å². The normalized spacial score (nSPS) is 13.3. The summed E-state index contributed by atoms with van der Waals surface area (Å²) >= 11 is 0. The van der Waals surface area contributed by atoms with Gasteiger partial charge in [0.1, 0.15) is 5.56 Å². The number of benzene rings is 2. The molecule has 0 atom stereocenters. The Morgan fingerprint density at radius 2 is 1.89 bits per heavy atom. The topological polar surface area (TPSA) is 90.5 Å². The summed E-state index contributed by atoms with van der Waals surface area (Å²) in [5, 5.41) is 20.2. The van der Waals surface area contributed by atoms with Crippen molar-refractivity contribution in [2.45, 2.75) is 19.4 Å². The first-order chi connectivity index (χ1) is 13.0. The van der Waals surface area contributed by atoms with Gasteiger partial charge in [-0.25, -0.2) is 0 Å². The lowest BCUT2D eigenvalue weighted by molar-refractivity contribution is -0.385. The lowest BCUT2D eigenvalue weighted by Crippen LogP contribution is -2.28. The predicted octanol–water partition coefficient (Wildman–Crippen LogP) is 3.34. The number of likely N-dealkylation sites (tertiary alicyclic amines) is 1. The maximum Gasteiger partial charge on any atom is 0.282 e. The standard InChI is InChI=1S/C20H20N4O3/c1-22(14-16-6-4-15(13-21)5-7-16)17-8-9-19(24(26)27)18(12-17)20(25)23-10-2-3-11-23/h4-9,12H,2-3,10-11,14H2,1H3. The van der Waals surface area contributed by atoms with E-state index in [-0.39, 0.29) is 17.2 Å². The fourth-order valence-electron chi connectivity index (χ4n) is 3.23. The Morgan fingerprint density at radius 1 is 1.22 bits per heavy atom. The quantitative estimate of drug-likeness (QED) is 0.599. The van der Waals surface area contributed by atoms with Crippen LogP contribution >= 0.6 is 0 Å². The van der Waals surface area contributed by atoms with E-state index >= 15 is 0 Å². The largest absolute Gasteiger partial charge is 0.370 e. The fourth-order valence-corrected chi connectivity index (χ4v) is 3.23. The van der Waals surface area contributed by atoms with E-state index in [1.807, 2.05) is 24.1 Å². The van der Waals surface area contributed by atoms with Crippen molar-refractivity contribution >= 4 is 17.3 Å². The molecule has 1 aliphatic heterocycles. The number of hydrogen-bond donors (Lipinski definition) is 0. The van der Waals surface area contributed by atoms with Gasteiger partial charge in [0.2, 0.25) is 0 Å². The molecule has 7 heteroatoms. The molecule has 1 saturated heterocycles. The molecule has 0 N–H and O–H groups in total. The SMILES string of the molecule is CN(Cc1ccc(C#N)cc1)c1ccc([N+](=O)[O-])c(C(=O)N2CCCC2)c1. The van der Waals surface area contributed by atoms with Crippen molar-refractivity contribution in [3.8, 4) is 6.07 Å². The monoisotopic (exact) mass is 364 g/mol. The van der Waals surface area contributed by atoms with Gasteiger partial charge in [0.05, 0.1) is 16.6 Å². The van der Waals surface area contributed by atoms with Gasteiger partial charge in [0, 0.05) is 38.4 Å². The fraction of sp³-hybridized carbons (Fsp3) is 0.300. The Hall–Kier alpha value is -3.40. The molecule has 138 valence electrons. The molecule has 1 heterocycles. The molecular formula is C20H20N4O3. The molecule has 0 radical (unpaired) electrons. The Morgan fingerprint density at radius 3 is 2.48 bits per heavy atom. The highest BCUT2D eigenvalue weighted by Gasteiger charge is 2.27. The van der Waals surface area contributed by atoms with Crippen molar-refractivity contribution in [3.05, 3.63) is 69.3 Å². The number of anilines is 1. The number of amides is 1. The minimum atomic E-state index is -0.506. The molecule has 0 saturated carbocycles. The first-order valence-electron chi connectivity index (χ1n) is 8.77. The third-order valence-electron chi connectivity index (χ3n) is 4.74. The second kappa shape index (κ2) is 7.87. The summed E-state index contributed by atoms with van der Waals surface area (Å²) in [5.41, 5.74) is 2.29. The van der Waals surface area contributed by atoms with E-state index in [2.05, 4.69) is 6.07 Å². The zero-order valence-electron chi connectivity index (χ0n) is 15.1. The summed E-state index contributed by atoms with van der Waals surface area (Å²) < 4.78 is 0.